The van der Waals surface area contributed by atoms with E-state index < -0.39 is 5.97 Å². The van der Waals surface area contributed by atoms with Crippen LogP contribution in [0.5, 0.6) is 0 Å². The molecule has 1 aromatic rings. The summed E-state index contributed by atoms with van der Waals surface area (Å²) in [5, 5.41) is 6.32. The number of carbonyl (C=O) groups is 3. The highest BCUT2D eigenvalue weighted by Gasteiger charge is 2.30. The Kier molecular flexibility index (Phi) is 6.75. The monoisotopic (exact) mass is 406 g/mol. The van der Waals surface area contributed by atoms with Gasteiger partial charge in [0.15, 0.2) is 6.61 Å². The van der Waals surface area contributed by atoms with Crippen molar-refractivity contribution in [3.63, 3.8) is 0 Å². The second-order valence-electron chi connectivity index (χ2n) is 8.11. The van der Waals surface area contributed by atoms with E-state index in [4.69, 9.17) is 4.74 Å². The molecule has 2 aliphatic carbocycles. The first-order valence-electron chi connectivity index (χ1n) is 10.3. The van der Waals surface area contributed by atoms with Crippen molar-refractivity contribution in [2.24, 2.45) is 11.8 Å². The Bertz CT molecular complexity index is 758. The average molecular weight is 407 g/mol. The Morgan fingerprint density at radius 2 is 1.86 bits per heavy atom. The Hall–Kier alpha value is -1.89. The summed E-state index contributed by atoms with van der Waals surface area (Å²) in [7, 11) is 0. The Morgan fingerprint density at radius 1 is 1.11 bits per heavy atom. The zero-order valence-corrected chi connectivity index (χ0v) is 17.7. The van der Waals surface area contributed by atoms with E-state index in [1.807, 2.05) is 0 Å². The van der Waals surface area contributed by atoms with Gasteiger partial charge in [-0.2, -0.15) is 0 Å². The molecule has 0 spiro atoms. The van der Waals surface area contributed by atoms with E-state index in [1.165, 1.54) is 24.7 Å². The number of hydrogen-bond acceptors (Lipinski definition) is 5. The smallest absolute Gasteiger partial charge is 0.341 e. The van der Waals surface area contributed by atoms with Gasteiger partial charge in [-0.25, -0.2) is 4.79 Å². The molecular formula is C21H30N2O4S. The molecule has 28 heavy (non-hydrogen) atoms. The standard InChI is InChI=1S/C21H30N2O4S/c1-12-7-6-9-16(13(12)2)23-18(25)11-27-21(26)19-15-8-4-5-10-17(15)28-20(19)22-14(3)24/h12-13,16H,4-11H2,1-3H3,(H,22,24)(H,23,25)/t12-,13+,16+/m0/s1. The molecule has 0 radical (unpaired) electrons. The van der Waals surface area contributed by atoms with Crippen molar-refractivity contribution in [1.82, 2.24) is 5.32 Å². The van der Waals surface area contributed by atoms with Crippen LogP contribution in [-0.2, 0) is 27.2 Å². The Morgan fingerprint density at radius 3 is 2.61 bits per heavy atom. The fourth-order valence-corrected chi connectivity index (χ4v) is 5.59. The van der Waals surface area contributed by atoms with Crippen LogP contribution in [0.25, 0.3) is 0 Å². The number of hydrogen-bond donors (Lipinski definition) is 2. The van der Waals surface area contributed by atoms with Crippen molar-refractivity contribution in [3.05, 3.63) is 16.0 Å². The van der Waals surface area contributed by atoms with E-state index in [2.05, 4.69) is 24.5 Å². The molecule has 3 rings (SSSR count). The fraction of sp³-hybridized carbons (Fsp3) is 0.667. The van der Waals surface area contributed by atoms with Crippen molar-refractivity contribution in [1.29, 1.82) is 0 Å². The van der Waals surface area contributed by atoms with E-state index in [9.17, 15) is 14.4 Å². The van der Waals surface area contributed by atoms with Gasteiger partial charge in [-0.05, 0) is 49.5 Å². The quantitative estimate of drug-likeness (QED) is 0.731. The number of anilines is 1. The lowest BCUT2D eigenvalue weighted by molar-refractivity contribution is -0.125. The molecule has 2 N–H and O–H groups in total. The molecule has 2 aliphatic rings. The number of nitrogens with one attached hydrogen (secondary N) is 2. The summed E-state index contributed by atoms with van der Waals surface area (Å²) < 4.78 is 5.34. The normalized spacial score (nSPS) is 24.2. The van der Waals surface area contributed by atoms with Gasteiger partial charge in [-0.1, -0.05) is 26.7 Å². The molecule has 0 aliphatic heterocycles. The zero-order valence-electron chi connectivity index (χ0n) is 16.9. The van der Waals surface area contributed by atoms with Crippen molar-refractivity contribution < 1.29 is 19.1 Å². The highest BCUT2D eigenvalue weighted by atomic mass is 32.1. The number of rotatable bonds is 5. The first-order valence-corrected chi connectivity index (χ1v) is 11.1. The van der Waals surface area contributed by atoms with Gasteiger partial charge >= 0.3 is 5.97 Å². The van der Waals surface area contributed by atoms with Crippen LogP contribution in [0.4, 0.5) is 5.00 Å². The van der Waals surface area contributed by atoms with Gasteiger partial charge < -0.3 is 15.4 Å². The molecule has 0 aromatic carbocycles. The third-order valence-electron chi connectivity index (χ3n) is 6.05. The number of esters is 1. The minimum Gasteiger partial charge on any atom is -0.452 e. The maximum atomic E-state index is 12.7. The third kappa shape index (κ3) is 4.74. The topological polar surface area (TPSA) is 84.5 Å². The lowest BCUT2D eigenvalue weighted by Gasteiger charge is -2.34. The van der Waals surface area contributed by atoms with Crippen molar-refractivity contribution in [2.45, 2.75) is 71.8 Å². The summed E-state index contributed by atoms with van der Waals surface area (Å²) in [5.74, 6) is 0.00133. The van der Waals surface area contributed by atoms with E-state index in [1.54, 1.807) is 0 Å². The van der Waals surface area contributed by atoms with E-state index >= 15 is 0 Å². The predicted molar refractivity (Wildman–Crippen MR) is 110 cm³/mol. The van der Waals surface area contributed by atoms with Crippen LogP contribution >= 0.6 is 11.3 Å². The molecule has 0 bridgehead atoms. The van der Waals surface area contributed by atoms with Crippen LogP contribution in [0, 0.1) is 11.8 Å². The van der Waals surface area contributed by atoms with Crippen LogP contribution in [0.3, 0.4) is 0 Å². The minimum absolute atomic E-state index is 0.138. The molecule has 3 atom stereocenters. The molecular weight excluding hydrogens is 376 g/mol. The molecule has 1 saturated carbocycles. The largest absolute Gasteiger partial charge is 0.452 e. The molecule has 6 nitrogen and oxygen atoms in total. The third-order valence-corrected chi connectivity index (χ3v) is 7.26. The van der Waals surface area contributed by atoms with Crippen LogP contribution in [0.2, 0.25) is 0 Å². The number of amides is 2. The lowest BCUT2D eigenvalue weighted by atomic mass is 9.78. The second-order valence-corrected chi connectivity index (χ2v) is 9.22. The van der Waals surface area contributed by atoms with Crippen molar-refractivity contribution >= 4 is 34.1 Å². The van der Waals surface area contributed by atoms with E-state index in [-0.39, 0.29) is 24.5 Å². The van der Waals surface area contributed by atoms with Crippen LogP contribution in [0.15, 0.2) is 0 Å². The summed E-state index contributed by atoms with van der Waals surface area (Å²) in [5.41, 5.74) is 1.41. The van der Waals surface area contributed by atoms with Gasteiger partial charge in [0.25, 0.3) is 5.91 Å². The molecule has 1 heterocycles. The van der Waals surface area contributed by atoms with E-state index in [0.717, 1.165) is 49.0 Å². The number of ether oxygens (including phenoxy) is 1. The average Bonchev–Trinajstić information content (AvgIpc) is 3.00. The number of aryl methyl sites for hydroxylation is 1. The molecule has 154 valence electrons. The van der Waals surface area contributed by atoms with Gasteiger partial charge in [0.05, 0.1) is 5.56 Å². The maximum absolute atomic E-state index is 12.7. The van der Waals surface area contributed by atoms with Crippen molar-refractivity contribution in [2.75, 3.05) is 11.9 Å². The highest BCUT2D eigenvalue weighted by Crippen LogP contribution is 2.38. The lowest BCUT2D eigenvalue weighted by Crippen LogP contribution is -2.45. The van der Waals surface area contributed by atoms with Gasteiger partial charge in [0, 0.05) is 17.8 Å². The summed E-state index contributed by atoms with van der Waals surface area (Å²) in [4.78, 5) is 37.7. The van der Waals surface area contributed by atoms with Gasteiger partial charge in [-0.15, -0.1) is 11.3 Å². The summed E-state index contributed by atoms with van der Waals surface area (Å²) in [6.45, 7) is 5.51. The molecule has 0 saturated heterocycles. The van der Waals surface area contributed by atoms with Gasteiger partial charge in [0.2, 0.25) is 5.91 Å². The predicted octanol–water partition coefficient (Wildman–Crippen LogP) is 3.68. The SMILES string of the molecule is CC(=O)Nc1sc2c(c1C(=O)OCC(=O)N[C@@H]1CCC[C@H](C)[C@H]1C)CCCC2. The number of thiophene rings is 1. The van der Waals surface area contributed by atoms with Crippen LogP contribution < -0.4 is 10.6 Å². The zero-order chi connectivity index (χ0) is 20.3. The maximum Gasteiger partial charge on any atom is 0.341 e. The Labute approximate surface area is 170 Å². The number of carbonyl (C=O) groups excluding carboxylic acids is 3. The first kappa shape index (κ1) is 20.8. The molecule has 2 amide bonds. The van der Waals surface area contributed by atoms with Crippen molar-refractivity contribution in [3.8, 4) is 0 Å². The van der Waals surface area contributed by atoms with Crippen LogP contribution in [0.1, 0.15) is 73.7 Å². The molecule has 0 unspecified atom stereocenters. The molecule has 1 aromatic heterocycles. The van der Waals surface area contributed by atoms with Crippen LogP contribution in [-0.4, -0.2) is 30.4 Å². The Balaban J connectivity index is 1.63. The minimum atomic E-state index is -0.525. The summed E-state index contributed by atoms with van der Waals surface area (Å²) in [6, 6.07) is 0.138. The summed E-state index contributed by atoms with van der Waals surface area (Å²) >= 11 is 1.45. The summed E-state index contributed by atoms with van der Waals surface area (Å²) in [6.07, 6.45) is 7.09. The van der Waals surface area contributed by atoms with E-state index in [0.29, 0.717) is 22.4 Å². The highest BCUT2D eigenvalue weighted by molar-refractivity contribution is 7.17. The van der Waals surface area contributed by atoms with Gasteiger partial charge in [0.1, 0.15) is 5.00 Å². The van der Waals surface area contributed by atoms with Gasteiger partial charge in [-0.3, -0.25) is 9.59 Å². The second kappa shape index (κ2) is 9.07. The molecule has 7 heteroatoms. The fourth-order valence-electron chi connectivity index (χ4n) is 4.27. The molecule has 1 fully saturated rings. The number of fused-ring (bicyclic) bond motifs is 1. The first-order chi connectivity index (χ1) is 13.4.